The average Bonchev–Trinajstić information content (AvgIpc) is 2.87. The first kappa shape index (κ1) is 15.1. The van der Waals surface area contributed by atoms with Gasteiger partial charge in [0.05, 0.1) is 6.04 Å². The highest BCUT2D eigenvalue weighted by Crippen LogP contribution is 2.28. The summed E-state index contributed by atoms with van der Waals surface area (Å²) in [5.41, 5.74) is 5.59. The number of aromatic nitrogens is 2. The zero-order chi connectivity index (χ0) is 13.8. The molecular weight excluding hydrogens is 230 g/mol. The normalized spacial score (nSPS) is 18.3. The summed E-state index contributed by atoms with van der Waals surface area (Å²) in [6, 6.07) is -0.209. The molecule has 18 heavy (non-hydrogen) atoms. The van der Waals surface area contributed by atoms with Crippen molar-refractivity contribution in [1.82, 2.24) is 10.1 Å². The van der Waals surface area contributed by atoms with Crippen LogP contribution in [0.5, 0.6) is 0 Å². The molecule has 3 atom stereocenters. The van der Waals surface area contributed by atoms with Crippen LogP contribution in [0.15, 0.2) is 4.52 Å². The van der Waals surface area contributed by atoms with Crippen LogP contribution in [0.4, 0.5) is 0 Å². The van der Waals surface area contributed by atoms with Gasteiger partial charge < -0.3 is 15.0 Å². The quantitative estimate of drug-likeness (QED) is 0.811. The first-order chi connectivity index (χ1) is 8.48. The van der Waals surface area contributed by atoms with Crippen molar-refractivity contribution in [3.05, 3.63) is 11.7 Å². The highest BCUT2D eigenvalue weighted by atomic mass is 16.5. The van der Waals surface area contributed by atoms with E-state index in [-0.39, 0.29) is 6.04 Å². The maximum atomic E-state index is 6.08. The summed E-state index contributed by atoms with van der Waals surface area (Å²) in [4.78, 5) is 4.41. The molecule has 0 bridgehead atoms. The SMILES string of the molecule is CCOC(C)(CC)c1noc([C@@H](N)C(C)CC)n1. The Labute approximate surface area is 109 Å². The number of ether oxygens (including phenoxy) is 1. The molecule has 104 valence electrons. The van der Waals surface area contributed by atoms with Crippen molar-refractivity contribution >= 4 is 0 Å². The Morgan fingerprint density at radius 1 is 1.39 bits per heavy atom. The van der Waals surface area contributed by atoms with Crippen LogP contribution in [0.3, 0.4) is 0 Å². The van der Waals surface area contributed by atoms with Crippen molar-refractivity contribution < 1.29 is 9.26 Å². The number of hydrogen-bond acceptors (Lipinski definition) is 5. The molecule has 1 aromatic rings. The third kappa shape index (κ3) is 3.09. The molecule has 0 aliphatic rings. The summed E-state index contributed by atoms with van der Waals surface area (Å²) < 4.78 is 11.0. The van der Waals surface area contributed by atoms with Gasteiger partial charge in [-0.3, -0.25) is 0 Å². The van der Waals surface area contributed by atoms with Gasteiger partial charge in [-0.25, -0.2) is 0 Å². The van der Waals surface area contributed by atoms with Crippen LogP contribution in [-0.4, -0.2) is 16.7 Å². The minimum atomic E-state index is -0.494. The van der Waals surface area contributed by atoms with Crippen molar-refractivity contribution in [2.75, 3.05) is 6.61 Å². The fourth-order valence-electron chi connectivity index (χ4n) is 1.73. The van der Waals surface area contributed by atoms with Crippen LogP contribution in [0, 0.1) is 5.92 Å². The molecule has 0 aromatic carbocycles. The average molecular weight is 255 g/mol. The van der Waals surface area contributed by atoms with Crippen molar-refractivity contribution in [2.24, 2.45) is 11.7 Å². The summed E-state index contributed by atoms with van der Waals surface area (Å²) in [5.74, 6) is 1.40. The largest absolute Gasteiger partial charge is 0.367 e. The van der Waals surface area contributed by atoms with Crippen LogP contribution < -0.4 is 5.73 Å². The smallest absolute Gasteiger partial charge is 0.243 e. The standard InChI is InChI=1S/C13H25N3O2/c1-6-9(4)10(14)11-15-12(16-18-11)13(5,7-2)17-8-3/h9-10H,6-8,14H2,1-5H3/t9?,10-,13?/m0/s1. The number of hydrogen-bond donors (Lipinski definition) is 1. The second-order valence-corrected chi connectivity index (χ2v) is 4.88. The fourth-order valence-corrected chi connectivity index (χ4v) is 1.73. The van der Waals surface area contributed by atoms with Gasteiger partial charge in [0.1, 0.15) is 5.60 Å². The van der Waals surface area contributed by atoms with Crippen molar-refractivity contribution in [1.29, 1.82) is 0 Å². The zero-order valence-electron chi connectivity index (χ0n) is 12.1. The summed E-state index contributed by atoms with van der Waals surface area (Å²) in [6.07, 6.45) is 1.77. The molecule has 0 amide bonds. The van der Waals surface area contributed by atoms with E-state index in [4.69, 9.17) is 15.0 Å². The first-order valence-corrected chi connectivity index (χ1v) is 6.72. The summed E-state index contributed by atoms with van der Waals surface area (Å²) in [7, 11) is 0. The lowest BCUT2D eigenvalue weighted by molar-refractivity contribution is -0.0403. The minimum Gasteiger partial charge on any atom is -0.367 e. The Bertz CT molecular complexity index is 367. The van der Waals surface area contributed by atoms with E-state index in [2.05, 4.69) is 24.0 Å². The molecule has 0 aliphatic heterocycles. The number of nitrogens with two attached hydrogens (primary N) is 1. The molecule has 5 nitrogen and oxygen atoms in total. The molecule has 2 N–H and O–H groups in total. The number of nitrogens with zero attached hydrogens (tertiary/aromatic N) is 2. The van der Waals surface area contributed by atoms with E-state index >= 15 is 0 Å². The Hall–Kier alpha value is -0.940. The Morgan fingerprint density at radius 2 is 2.06 bits per heavy atom. The van der Waals surface area contributed by atoms with Crippen molar-refractivity contribution in [2.45, 2.75) is 59.1 Å². The second-order valence-electron chi connectivity index (χ2n) is 4.88. The second kappa shape index (κ2) is 6.29. The number of rotatable bonds is 7. The van der Waals surface area contributed by atoms with E-state index < -0.39 is 5.60 Å². The summed E-state index contributed by atoms with van der Waals surface area (Å²) in [6.45, 7) is 10.8. The molecular formula is C13H25N3O2. The van der Waals surface area contributed by atoms with Gasteiger partial charge in [-0.2, -0.15) is 4.98 Å². The van der Waals surface area contributed by atoms with Gasteiger partial charge in [0.25, 0.3) is 0 Å². The predicted molar refractivity (Wildman–Crippen MR) is 70.0 cm³/mol. The summed E-state index contributed by atoms with van der Waals surface area (Å²) >= 11 is 0. The molecule has 1 rings (SSSR count). The van der Waals surface area contributed by atoms with Crippen molar-refractivity contribution in [3.8, 4) is 0 Å². The fraction of sp³-hybridized carbons (Fsp3) is 0.846. The van der Waals surface area contributed by atoms with Crippen molar-refractivity contribution in [3.63, 3.8) is 0 Å². The molecule has 0 spiro atoms. The van der Waals surface area contributed by atoms with Gasteiger partial charge in [0.15, 0.2) is 0 Å². The van der Waals surface area contributed by atoms with Gasteiger partial charge >= 0.3 is 0 Å². The Morgan fingerprint density at radius 3 is 2.56 bits per heavy atom. The van der Waals surface area contributed by atoms with Gasteiger partial charge in [-0.15, -0.1) is 0 Å². The maximum absolute atomic E-state index is 6.08. The van der Waals surface area contributed by atoms with E-state index in [1.165, 1.54) is 0 Å². The summed E-state index contributed by atoms with van der Waals surface area (Å²) in [5, 5.41) is 4.02. The third-order valence-electron chi connectivity index (χ3n) is 3.59. The zero-order valence-corrected chi connectivity index (χ0v) is 12.1. The van der Waals surface area contributed by atoms with E-state index in [0.717, 1.165) is 12.8 Å². The molecule has 0 radical (unpaired) electrons. The maximum Gasteiger partial charge on any atom is 0.243 e. The van der Waals surface area contributed by atoms with Crippen LogP contribution >= 0.6 is 0 Å². The lowest BCUT2D eigenvalue weighted by Gasteiger charge is -2.24. The van der Waals surface area contributed by atoms with Crippen LogP contribution in [0.2, 0.25) is 0 Å². The molecule has 0 saturated heterocycles. The lowest BCUT2D eigenvalue weighted by Crippen LogP contribution is -2.27. The Balaban J connectivity index is 2.91. The molecule has 0 saturated carbocycles. The highest BCUT2D eigenvalue weighted by Gasteiger charge is 2.32. The van der Waals surface area contributed by atoms with Gasteiger partial charge in [-0.05, 0) is 26.2 Å². The van der Waals surface area contributed by atoms with Gasteiger partial charge in [0.2, 0.25) is 11.7 Å². The molecule has 1 heterocycles. The molecule has 0 aliphatic carbocycles. The lowest BCUT2D eigenvalue weighted by atomic mass is 9.99. The minimum absolute atomic E-state index is 0.209. The van der Waals surface area contributed by atoms with Crippen LogP contribution in [-0.2, 0) is 10.3 Å². The van der Waals surface area contributed by atoms with Gasteiger partial charge in [0, 0.05) is 6.61 Å². The third-order valence-corrected chi connectivity index (χ3v) is 3.59. The molecule has 1 aromatic heterocycles. The first-order valence-electron chi connectivity index (χ1n) is 6.72. The van der Waals surface area contributed by atoms with E-state index in [9.17, 15) is 0 Å². The van der Waals surface area contributed by atoms with Crippen LogP contribution in [0.1, 0.15) is 65.2 Å². The van der Waals surface area contributed by atoms with E-state index in [1.807, 2.05) is 20.8 Å². The molecule has 5 heteroatoms. The topological polar surface area (TPSA) is 74.2 Å². The van der Waals surface area contributed by atoms with Gasteiger partial charge in [-0.1, -0.05) is 32.3 Å². The highest BCUT2D eigenvalue weighted by molar-refractivity contribution is 5.01. The molecule has 2 unspecified atom stereocenters. The Kier molecular flexibility index (Phi) is 5.28. The predicted octanol–water partition coefficient (Wildman–Crippen LogP) is 2.78. The monoisotopic (exact) mass is 255 g/mol. The van der Waals surface area contributed by atoms with Crippen LogP contribution in [0.25, 0.3) is 0 Å². The van der Waals surface area contributed by atoms with E-state index in [0.29, 0.717) is 24.2 Å². The van der Waals surface area contributed by atoms with E-state index in [1.54, 1.807) is 0 Å². The molecule has 0 fully saturated rings.